The molecule has 0 spiro atoms. The lowest BCUT2D eigenvalue weighted by Crippen LogP contribution is -2.12. The highest BCUT2D eigenvalue weighted by Crippen LogP contribution is 2.07. The van der Waals surface area contributed by atoms with E-state index in [4.69, 9.17) is 0 Å². The third-order valence-corrected chi connectivity index (χ3v) is 10.4. The van der Waals surface area contributed by atoms with Crippen molar-refractivity contribution < 1.29 is 0 Å². The molecular weight excluding hydrogens is 315 g/mol. The quantitative estimate of drug-likeness (QED) is 0.200. The Morgan fingerprint density at radius 1 is 1.14 bits per heavy atom. The van der Waals surface area contributed by atoms with Gasteiger partial charge in [0.05, 0.1) is 0 Å². The molecule has 0 aliphatic heterocycles. The van der Waals surface area contributed by atoms with Gasteiger partial charge in [0, 0.05) is 22.7 Å². The van der Waals surface area contributed by atoms with Crippen LogP contribution < -0.4 is 0 Å². The van der Waals surface area contributed by atoms with Crippen LogP contribution in [0.3, 0.4) is 0 Å². The third kappa shape index (κ3) is 8.96. The molecule has 0 rings (SSSR count). The molecule has 0 radical (unpaired) electrons. The fraction of sp³-hybridized carbons (Fsp3) is 0.455. The van der Waals surface area contributed by atoms with Gasteiger partial charge in [-0.15, -0.1) is 13.2 Å². The van der Waals surface area contributed by atoms with Gasteiger partial charge >= 0.3 is 0 Å². The van der Waals surface area contributed by atoms with Crippen LogP contribution in [-0.4, -0.2) is 22.7 Å². The van der Waals surface area contributed by atoms with Crippen LogP contribution in [0.1, 0.15) is 0 Å². The van der Waals surface area contributed by atoms with E-state index in [1.165, 1.54) is 18.1 Å². The molecule has 0 saturated carbocycles. The molecule has 3 heteroatoms. The molecule has 14 heavy (non-hydrogen) atoms. The zero-order chi connectivity index (χ0) is 10.6. The number of hydrogen-bond donors (Lipinski definition) is 0. The topological polar surface area (TPSA) is 0 Å². The van der Waals surface area contributed by atoms with Crippen LogP contribution in [0, 0.1) is 0 Å². The molecule has 0 aliphatic carbocycles. The molecule has 0 nitrogen and oxygen atoms in total. The highest BCUT2D eigenvalue weighted by atomic mass is 127. The first-order valence-electron chi connectivity index (χ1n) is 5.27. The van der Waals surface area contributed by atoms with Gasteiger partial charge in [0.1, 0.15) is 0 Å². The molecule has 0 heterocycles. The SMILES string of the molecule is C=CC[SiH2]C[SiH](CC=C)CC=CCI. The molecule has 80 valence electrons. The van der Waals surface area contributed by atoms with E-state index < -0.39 is 8.80 Å². The highest BCUT2D eigenvalue weighted by Gasteiger charge is 2.05. The van der Waals surface area contributed by atoms with Crippen molar-refractivity contribution in [2.45, 2.75) is 23.8 Å². The normalized spacial score (nSPS) is 13.8. The summed E-state index contributed by atoms with van der Waals surface area (Å²) in [5.41, 5.74) is 1.57. The summed E-state index contributed by atoms with van der Waals surface area (Å²) in [6.45, 7) is 7.66. The molecule has 0 bridgehead atoms. The Balaban J connectivity index is 3.69. The van der Waals surface area contributed by atoms with Gasteiger partial charge in [0.25, 0.3) is 0 Å². The van der Waals surface area contributed by atoms with Gasteiger partial charge in [0.15, 0.2) is 0 Å². The number of hydrogen-bond acceptors (Lipinski definition) is 0. The van der Waals surface area contributed by atoms with Crippen molar-refractivity contribution in [1.82, 2.24) is 0 Å². The molecule has 0 fully saturated rings. The summed E-state index contributed by atoms with van der Waals surface area (Å²) in [5, 5.41) is 0. The molecule has 0 aromatic heterocycles. The highest BCUT2D eigenvalue weighted by molar-refractivity contribution is 14.1. The monoisotopic (exact) mass is 336 g/mol. The largest absolute Gasteiger partial charge is 0.103 e. The molecule has 0 aromatic carbocycles. The van der Waals surface area contributed by atoms with E-state index in [1.54, 1.807) is 5.67 Å². The Kier molecular flexibility index (Phi) is 11.8. The predicted molar refractivity (Wildman–Crippen MR) is 83.3 cm³/mol. The van der Waals surface area contributed by atoms with E-state index in [-0.39, 0.29) is 9.52 Å². The maximum absolute atomic E-state index is 3.86. The number of halogens is 1. The summed E-state index contributed by atoms with van der Waals surface area (Å²) in [5.74, 6) is 0. The minimum absolute atomic E-state index is 0.169. The van der Waals surface area contributed by atoms with E-state index in [0.29, 0.717) is 0 Å². The van der Waals surface area contributed by atoms with Crippen molar-refractivity contribution in [1.29, 1.82) is 0 Å². The minimum Gasteiger partial charge on any atom is -0.103 e. The van der Waals surface area contributed by atoms with Gasteiger partial charge in [-0.3, -0.25) is 0 Å². The van der Waals surface area contributed by atoms with Gasteiger partial charge in [0.2, 0.25) is 0 Å². The van der Waals surface area contributed by atoms with Crippen LogP contribution in [-0.2, 0) is 0 Å². The van der Waals surface area contributed by atoms with Crippen LogP contribution >= 0.6 is 22.6 Å². The Labute approximate surface area is 106 Å². The van der Waals surface area contributed by atoms with Crippen molar-refractivity contribution in [3.8, 4) is 0 Å². The molecule has 0 aromatic rings. The first-order chi connectivity index (χ1) is 6.85. The summed E-state index contributed by atoms with van der Waals surface area (Å²) in [6, 6.07) is 4.01. The van der Waals surface area contributed by atoms with Gasteiger partial charge in [-0.25, -0.2) is 0 Å². The third-order valence-electron chi connectivity index (χ3n) is 2.25. The molecular formula is C11H21ISi2. The number of rotatable bonds is 9. The Hall–Kier alpha value is 0.384. The average molecular weight is 336 g/mol. The fourth-order valence-corrected chi connectivity index (χ4v) is 8.50. The average Bonchev–Trinajstić information content (AvgIpc) is 2.18. The molecule has 0 amide bonds. The Morgan fingerprint density at radius 2 is 1.93 bits per heavy atom. The van der Waals surface area contributed by atoms with E-state index >= 15 is 0 Å². The minimum atomic E-state index is -0.491. The summed E-state index contributed by atoms with van der Waals surface area (Å²) < 4.78 is 1.15. The molecule has 1 unspecified atom stereocenters. The van der Waals surface area contributed by atoms with E-state index in [9.17, 15) is 0 Å². The van der Waals surface area contributed by atoms with Crippen molar-refractivity contribution in [3.63, 3.8) is 0 Å². The van der Waals surface area contributed by atoms with E-state index in [2.05, 4.69) is 60.1 Å². The molecule has 1 atom stereocenters. The van der Waals surface area contributed by atoms with Gasteiger partial charge in [-0.1, -0.05) is 52.6 Å². The number of allylic oxidation sites excluding steroid dienone is 4. The summed E-state index contributed by atoms with van der Waals surface area (Å²) in [7, 11) is -0.322. The standard InChI is InChI=1S/C11H21ISi2/c1-3-8-13-11-14(9-4-2)10-6-5-7-12/h3-6,14H,1-2,7-11,13H2. The second-order valence-electron chi connectivity index (χ2n) is 3.47. The van der Waals surface area contributed by atoms with E-state index in [0.717, 1.165) is 4.43 Å². The summed E-state index contributed by atoms with van der Waals surface area (Å²) >= 11 is 2.39. The maximum atomic E-state index is 3.86. The van der Waals surface area contributed by atoms with Crippen molar-refractivity contribution in [2.75, 3.05) is 4.43 Å². The van der Waals surface area contributed by atoms with Gasteiger partial charge in [-0.2, -0.15) is 0 Å². The Bertz CT molecular complexity index is 178. The Morgan fingerprint density at radius 3 is 2.50 bits per heavy atom. The molecule has 0 N–H and O–H groups in total. The zero-order valence-corrected chi connectivity index (χ0v) is 13.6. The van der Waals surface area contributed by atoms with Crippen molar-refractivity contribution >= 4 is 40.9 Å². The lowest BCUT2D eigenvalue weighted by atomic mass is 10.6. The second-order valence-corrected chi connectivity index (χ2v) is 10.6. The van der Waals surface area contributed by atoms with E-state index in [1.807, 2.05) is 0 Å². The predicted octanol–water partition coefficient (Wildman–Crippen LogP) is 3.12. The summed E-state index contributed by atoms with van der Waals surface area (Å²) in [4.78, 5) is 0. The lowest BCUT2D eigenvalue weighted by molar-refractivity contribution is 1.47. The molecule has 0 saturated heterocycles. The fourth-order valence-electron chi connectivity index (χ4n) is 1.47. The summed E-state index contributed by atoms with van der Waals surface area (Å²) in [6.07, 6.45) is 8.89. The van der Waals surface area contributed by atoms with Crippen molar-refractivity contribution in [2.24, 2.45) is 0 Å². The first-order valence-corrected chi connectivity index (χ1v) is 11.2. The van der Waals surface area contributed by atoms with Crippen LogP contribution in [0.5, 0.6) is 0 Å². The second kappa shape index (κ2) is 11.5. The molecule has 0 aliphatic rings. The van der Waals surface area contributed by atoms with Crippen LogP contribution in [0.4, 0.5) is 0 Å². The van der Waals surface area contributed by atoms with Crippen molar-refractivity contribution in [3.05, 3.63) is 37.5 Å². The number of alkyl halides is 1. The van der Waals surface area contributed by atoms with Crippen LogP contribution in [0.25, 0.3) is 0 Å². The van der Waals surface area contributed by atoms with Crippen LogP contribution in [0.2, 0.25) is 23.8 Å². The smallest absolute Gasteiger partial charge is 0.0412 e. The van der Waals surface area contributed by atoms with Crippen LogP contribution in [0.15, 0.2) is 37.5 Å². The zero-order valence-electron chi connectivity index (χ0n) is 8.92. The van der Waals surface area contributed by atoms with Gasteiger partial charge in [-0.05, 0) is 18.1 Å². The first kappa shape index (κ1) is 14.4. The maximum Gasteiger partial charge on any atom is 0.0412 e. The lowest BCUT2D eigenvalue weighted by Gasteiger charge is -2.09. The van der Waals surface area contributed by atoms with Gasteiger partial charge < -0.3 is 0 Å².